The first-order chi connectivity index (χ1) is 7.97. The Hall–Kier alpha value is -1.09. The zero-order valence-electron chi connectivity index (χ0n) is 10.4. The van der Waals surface area contributed by atoms with Crippen LogP contribution in [0.25, 0.3) is 5.65 Å². The summed E-state index contributed by atoms with van der Waals surface area (Å²) in [5, 5.41) is 4.97. The number of fused-ring (bicyclic) bond motifs is 1. The second-order valence-corrected chi connectivity index (χ2v) is 6.21. The van der Waals surface area contributed by atoms with E-state index in [-0.39, 0.29) is 5.41 Å². The van der Waals surface area contributed by atoms with Gasteiger partial charge in [-0.3, -0.25) is 0 Å². The van der Waals surface area contributed by atoms with Gasteiger partial charge in [0.15, 0.2) is 5.65 Å². The summed E-state index contributed by atoms with van der Waals surface area (Å²) < 4.78 is 1.74. The summed E-state index contributed by atoms with van der Waals surface area (Å²) in [4.78, 5) is 4.74. The molecule has 0 saturated heterocycles. The molecule has 90 valence electrons. The minimum Gasteiger partial charge on any atom is -0.233 e. The van der Waals surface area contributed by atoms with Crippen LogP contribution in [0.3, 0.4) is 0 Å². The van der Waals surface area contributed by atoms with Gasteiger partial charge in [-0.05, 0) is 24.8 Å². The highest BCUT2D eigenvalue weighted by Crippen LogP contribution is 2.42. The van der Waals surface area contributed by atoms with Gasteiger partial charge >= 0.3 is 0 Å². The number of rotatable bonds is 1. The third-order valence-corrected chi connectivity index (χ3v) is 3.51. The first-order valence-electron chi connectivity index (χ1n) is 6.01. The third kappa shape index (κ3) is 1.82. The van der Waals surface area contributed by atoms with Crippen molar-refractivity contribution in [3.63, 3.8) is 0 Å². The molecule has 1 aliphatic carbocycles. The van der Waals surface area contributed by atoms with Gasteiger partial charge in [-0.2, -0.15) is 5.10 Å². The van der Waals surface area contributed by atoms with Crippen LogP contribution in [0.5, 0.6) is 0 Å². The number of nitrogens with zero attached hydrogens (tertiary/aromatic N) is 3. The molecule has 0 radical (unpaired) electrons. The highest BCUT2D eigenvalue weighted by Gasteiger charge is 2.29. The molecule has 0 N–H and O–H groups in total. The number of halogens is 1. The summed E-state index contributed by atoms with van der Waals surface area (Å²) in [7, 11) is 0. The van der Waals surface area contributed by atoms with Crippen molar-refractivity contribution in [2.45, 2.75) is 44.9 Å². The van der Waals surface area contributed by atoms with Crippen molar-refractivity contribution in [3.05, 3.63) is 28.7 Å². The van der Waals surface area contributed by atoms with Crippen LogP contribution >= 0.6 is 11.6 Å². The van der Waals surface area contributed by atoms with E-state index in [9.17, 15) is 0 Å². The quantitative estimate of drug-likeness (QED) is 0.724. The molecule has 17 heavy (non-hydrogen) atoms. The molecular weight excluding hydrogens is 234 g/mol. The number of hydrogen-bond acceptors (Lipinski definition) is 2. The topological polar surface area (TPSA) is 30.2 Å². The highest BCUT2D eigenvalue weighted by atomic mass is 35.5. The predicted octanol–water partition coefficient (Wildman–Crippen LogP) is 3.56. The summed E-state index contributed by atoms with van der Waals surface area (Å²) >= 11 is 6.27. The van der Waals surface area contributed by atoms with Crippen molar-refractivity contribution in [1.29, 1.82) is 0 Å². The predicted molar refractivity (Wildman–Crippen MR) is 68.7 cm³/mol. The van der Waals surface area contributed by atoms with Crippen molar-refractivity contribution in [1.82, 2.24) is 14.6 Å². The average Bonchev–Trinajstić information content (AvgIpc) is 2.97. The molecule has 0 aliphatic heterocycles. The second kappa shape index (κ2) is 3.45. The van der Waals surface area contributed by atoms with Gasteiger partial charge in [-0.1, -0.05) is 32.4 Å². The fourth-order valence-corrected chi connectivity index (χ4v) is 2.24. The van der Waals surface area contributed by atoms with Crippen molar-refractivity contribution in [2.75, 3.05) is 0 Å². The highest BCUT2D eigenvalue weighted by molar-refractivity contribution is 6.29. The largest absolute Gasteiger partial charge is 0.233 e. The zero-order chi connectivity index (χ0) is 12.2. The molecular formula is C13H16ClN3. The standard InChI is InChI=1S/C13H16ClN3/c1-13(2,3)10-6-11(14)17-12(16-10)9(7-15-17)8-4-5-8/h6-8H,4-5H2,1-3H3. The molecule has 0 atom stereocenters. The van der Waals surface area contributed by atoms with E-state index >= 15 is 0 Å². The van der Waals surface area contributed by atoms with Crippen LogP contribution in [0, 0.1) is 0 Å². The van der Waals surface area contributed by atoms with E-state index in [0.29, 0.717) is 11.1 Å². The molecule has 1 aliphatic rings. The summed E-state index contributed by atoms with van der Waals surface area (Å²) in [5.74, 6) is 0.645. The summed E-state index contributed by atoms with van der Waals surface area (Å²) in [6.45, 7) is 6.44. The smallest absolute Gasteiger partial charge is 0.160 e. The second-order valence-electron chi connectivity index (χ2n) is 5.82. The molecule has 0 amide bonds. The minimum atomic E-state index is 0.0104. The van der Waals surface area contributed by atoms with Gasteiger partial charge in [0, 0.05) is 11.0 Å². The SMILES string of the molecule is CC(C)(C)c1cc(Cl)n2ncc(C3CC3)c2n1. The normalized spacial score (nSPS) is 16.7. The van der Waals surface area contributed by atoms with E-state index in [1.165, 1.54) is 18.4 Å². The lowest BCUT2D eigenvalue weighted by atomic mass is 9.92. The first-order valence-corrected chi connectivity index (χ1v) is 6.39. The van der Waals surface area contributed by atoms with Crippen molar-refractivity contribution in [3.8, 4) is 0 Å². The maximum absolute atomic E-state index is 6.27. The fraction of sp³-hybridized carbons (Fsp3) is 0.538. The Labute approximate surface area is 106 Å². The molecule has 1 fully saturated rings. The lowest BCUT2D eigenvalue weighted by Crippen LogP contribution is -2.14. The van der Waals surface area contributed by atoms with E-state index in [1.54, 1.807) is 4.52 Å². The molecule has 0 bridgehead atoms. The Morgan fingerprint density at radius 3 is 2.65 bits per heavy atom. The van der Waals surface area contributed by atoms with Crippen LogP contribution < -0.4 is 0 Å². The van der Waals surface area contributed by atoms with Crippen molar-refractivity contribution >= 4 is 17.2 Å². The maximum atomic E-state index is 6.27. The summed E-state index contributed by atoms with van der Waals surface area (Å²) in [5.41, 5.74) is 3.22. The Balaban J connectivity index is 2.25. The van der Waals surface area contributed by atoms with Crippen LogP contribution in [-0.4, -0.2) is 14.6 Å². The van der Waals surface area contributed by atoms with E-state index in [1.807, 2.05) is 12.3 Å². The zero-order valence-corrected chi connectivity index (χ0v) is 11.1. The van der Waals surface area contributed by atoms with Gasteiger partial charge in [0.1, 0.15) is 5.15 Å². The summed E-state index contributed by atoms with van der Waals surface area (Å²) in [6.07, 6.45) is 4.42. The van der Waals surface area contributed by atoms with Crippen molar-refractivity contribution < 1.29 is 0 Å². The Kier molecular flexibility index (Phi) is 2.24. The van der Waals surface area contributed by atoms with Crippen LogP contribution in [0.15, 0.2) is 12.3 Å². The Bertz CT molecular complexity index is 576. The van der Waals surface area contributed by atoms with Gasteiger partial charge in [0.05, 0.1) is 11.9 Å². The summed E-state index contributed by atoms with van der Waals surface area (Å²) in [6, 6.07) is 1.91. The van der Waals surface area contributed by atoms with Gasteiger partial charge < -0.3 is 0 Å². The lowest BCUT2D eigenvalue weighted by molar-refractivity contribution is 0.568. The van der Waals surface area contributed by atoms with Crippen LogP contribution in [0.4, 0.5) is 0 Å². The molecule has 2 heterocycles. The van der Waals surface area contributed by atoms with Gasteiger partial charge in [-0.15, -0.1) is 0 Å². The monoisotopic (exact) mass is 249 g/mol. The molecule has 2 aromatic rings. The molecule has 0 spiro atoms. The average molecular weight is 250 g/mol. The molecule has 3 nitrogen and oxygen atoms in total. The molecule has 1 saturated carbocycles. The van der Waals surface area contributed by atoms with E-state index in [0.717, 1.165) is 11.3 Å². The number of aromatic nitrogens is 3. The fourth-order valence-electron chi connectivity index (χ4n) is 2.01. The molecule has 4 heteroatoms. The van der Waals surface area contributed by atoms with Crippen LogP contribution in [-0.2, 0) is 5.41 Å². The maximum Gasteiger partial charge on any atom is 0.160 e. The van der Waals surface area contributed by atoms with Crippen LogP contribution in [0.1, 0.15) is 50.8 Å². The molecule has 0 unspecified atom stereocenters. The Morgan fingerprint density at radius 2 is 2.06 bits per heavy atom. The van der Waals surface area contributed by atoms with E-state index < -0.39 is 0 Å². The van der Waals surface area contributed by atoms with Gasteiger partial charge in [-0.25, -0.2) is 9.50 Å². The van der Waals surface area contributed by atoms with E-state index in [2.05, 4.69) is 25.9 Å². The van der Waals surface area contributed by atoms with Gasteiger partial charge in [0.2, 0.25) is 0 Å². The molecule has 0 aromatic carbocycles. The first kappa shape index (κ1) is 11.0. The van der Waals surface area contributed by atoms with Crippen molar-refractivity contribution in [2.24, 2.45) is 0 Å². The minimum absolute atomic E-state index is 0.0104. The van der Waals surface area contributed by atoms with Crippen LogP contribution in [0.2, 0.25) is 5.15 Å². The molecule has 2 aromatic heterocycles. The van der Waals surface area contributed by atoms with Gasteiger partial charge in [0.25, 0.3) is 0 Å². The lowest BCUT2D eigenvalue weighted by Gasteiger charge is -2.18. The number of hydrogen-bond donors (Lipinski definition) is 0. The van der Waals surface area contributed by atoms with E-state index in [4.69, 9.17) is 16.6 Å². The Morgan fingerprint density at radius 1 is 1.35 bits per heavy atom. The molecule has 3 rings (SSSR count). The third-order valence-electron chi connectivity index (χ3n) is 3.24.